The molecule has 0 aromatic rings. The number of aliphatic hydroxyl groups excluding tert-OH is 2. The van der Waals surface area contributed by atoms with Crippen LogP contribution in [-0.4, -0.2) is 53.1 Å². The van der Waals surface area contributed by atoms with Gasteiger partial charge < -0.3 is 10.2 Å². The van der Waals surface area contributed by atoms with E-state index < -0.39 is 18.4 Å². The first-order valence-corrected chi connectivity index (χ1v) is 4.36. The normalized spacial score (nSPS) is 34.0. The Morgan fingerprint density at radius 3 is 2.33 bits per heavy atom. The van der Waals surface area contributed by atoms with Gasteiger partial charge in [-0.1, -0.05) is 6.92 Å². The lowest BCUT2D eigenvalue weighted by Gasteiger charge is -2.16. The van der Waals surface area contributed by atoms with Crippen LogP contribution in [0.4, 0.5) is 4.39 Å². The maximum absolute atomic E-state index is 12.8. The number of rotatable bonds is 3. The summed E-state index contributed by atoms with van der Waals surface area (Å²) in [6.45, 7) is 2.89. The summed E-state index contributed by atoms with van der Waals surface area (Å²) in [7, 11) is 0. The van der Waals surface area contributed by atoms with Crippen LogP contribution >= 0.6 is 0 Å². The van der Waals surface area contributed by atoms with E-state index in [4.69, 9.17) is 10.2 Å². The van der Waals surface area contributed by atoms with Crippen LogP contribution in [0.3, 0.4) is 0 Å². The van der Waals surface area contributed by atoms with Crippen molar-refractivity contribution < 1.29 is 14.6 Å². The van der Waals surface area contributed by atoms with Crippen molar-refractivity contribution in [1.82, 2.24) is 4.90 Å². The van der Waals surface area contributed by atoms with Crippen molar-refractivity contribution in [1.29, 1.82) is 0 Å². The average Bonchev–Trinajstić information content (AvgIpc) is 2.31. The highest BCUT2D eigenvalue weighted by atomic mass is 19.1. The molecule has 0 aromatic heterocycles. The minimum absolute atomic E-state index is 0.324. The molecule has 0 amide bonds. The molecule has 1 saturated heterocycles. The molecule has 1 aliphatic rings. The summed E-state index contributed by atoms with van der Waals surface area (Å²) < 4.78 is 12.8. The predicted octanol–water partition coefficient (Wildman–Crippen LogP) is -0.228. The molecular formula is C8H16FNO2. The third kappa shape index (κ3) is 2.40. The van der Waals surface area contributed by atoms with Gasteiger partial charge in [-0.25, -0.2) is 4.39 Å². The fourth-order valence-electron chi connectivity index (χ4n) is 1.41. The number of β-amino-alcohol motifs (C(OH)–C–C–N with tert-alkyl or cyclic N) is 2. The molecular weight excluding hydrogens is 161 g/mol. The Kier molecular flexibility index (Phi) is 3.43. The Morgan fingerprint density at radius 1 is 1.42 bits per heavy atom. The summed E-state index contributed by atoms with van der Waals surface area (Å²) in [5.41, 5.74) is 0. The smallest absolute Gasteiger partial charge is 0.112 e. The van der Waals surface area contributed by atoms with E-state index in [-0.39, 0.29) is 0 Å². The second-order valence-electron chi connectivity index (χ2n) is 3.36. The topological polar surface area (TPSA) is 43.7 Å². The second kappa shape index (κ2) is 4.16. The molecule has 1 aliphatic heterocycles. The first-order valence-electron chi connectivity index (χ1n) is 4.36. The van der Waals surface area contributed by atoms with Gasteiger partial charge in [0.05, 0.1) is 12.2 Å². The van der Waals surface area contributed by atoms with Crippen molar-refractivity contribution in [2.75, 3.05) is 19.6 Å². The molecule has 0 aromatic carbocycles. The second-order valence-corrected chi connectivity index (χ2v) is 3.36. The summed E-state index contributed by atoms with van der Waals surface area (Å²) in [6.07, 6.45) is -1.76. The van der Waals surface area contributed by atoms with Crippen LogP contribution < -0.4 is 0 Å². The molecule has 72 valence electrons. The molecule has 4 heteroatoms. The van der Waals surface area contributed by atoms with Crippen LogP contribution in [0.25, 0.3) is 0 Å². The number of nitrogens with zero attached hydrogens (tertiary/aromatic N) is 1. The zero-order valence-corrected chi connectivity index (χ0v) is 7.28. The van der Waals surface area contributed by atoms with E-state index in [1.165, 1.54) is 0 Å². The third-order valence-corrected chi connectivity index (χ3v) is 2.23. The maximum atomic E-state index is 12.8. The summed E-state index contributed by atoms with van der Waals surface area (Å²) in [5, 5.41) is 18.3. The molecule has 2 N–H and O–H groups in total. The highest BCUT2D eigenvalue weighted by Gasteiger charge is 2.30. The molecule has 3 nitrogen and oxygen atoms in total. The van der Waals surface area contributed by atoms with Crippen molar-refractivity contribution >= 4 is 0 Å². The van der Waals surface area contributed by atoms with Crippen molar-refractivity contribution in [2.24, 2.45) is 0 Å². The fourth-order valence-corrected chi connectivity index (χ4v) is 1.41. The summed E-state index contributed by atoms with van der Waals surface area (Å²) in [4.78, 5) is 1.75. The third-order valence-electron chi connectivity index (χ3n) is 2.23. The average molecular weight is 177 g/mol. The van der Waals surface area contributed by atoms with Gasteiger partial charge in [-0.05, 0) is 6.42 Å². The first kappa shape index (κ1) is 9.89. The predicted molar refractivity (Wildman–Crippen MR) is 43.6 cm³/mol. The van der Waals surface area contributed by atoms with Gasteiger partial charge in [0.2, 0.25) is 0 Å². The van der Waals surface area contributed by atoms with Crippen LogP contribution in [0.1, 0.15) is 13.3 Å². The number of hydrogen-bond donors (Lipinski definition) is 2. The van der Waals surface area contributed by atoms with Crippen LogP contribution in [0.5, 0.6) is 0 Å². The Bertz CT molecular complexity index is 135. The van der Waals surface area contributed by atoms with Gasteiger partial charge >= 0.3 is 0 Å². The zero-order valence-electron chi connectivity index (χ0n) is 7.28. The van der Waals surface area contributed by atoms with Crippen molar-refractivity contribution in [3.8, 4) is 0 Å². The van der Waals surface area contributed by atoms with E-state index in [1.54, 1.807) is 11.8 Å². The first-order chi connectivity index (χ1) is 5.63. The maximum Gasteiger partial charge on any atom is 0.112 e. The number of likely N-dealkylation sites (tertiary alicyclic amines) is 1. The van der Waals surface area contributed by atoms with Crippen molar-refractivity contribution in [2.45, 2.75) is 31.7 Å². The number of alkyl halides is 1. The van der Waals surface area contributed by atoms with Gasteiger partial charge in [0.25, 0.3) is 0 Å². The monoisotopic (exact) mass is 177 g/mol. The van der Waals surface area contributed by atoms with Crippen LogP contribution in [0.15, 0.2) is 0 Å². The van der Waals surface area contributed by atoms with E-state index in [0.717, 1.165) is 0 Å². The van der Waals surface area contributed by atoms with Gasteiger partial charge in [-0.2, -0.15) is 0 Å². The van der Waals surface area contributed by atoms with Gasteiger partial charge in [-0.3, -0.25) is 4.90 Å². The molecule has 3 atom stereocenters. The molecule has 0 aliphatic carbocycles. The Morgan fingerprint density at radius 2 is 1.92 bits per heavy atom. The molecule has 1 heterocycles. The van der Waals surface area contributed by atoms with E-state index in [0.29, 0.717) is 26.1 Å². The Labute approximate surface area is 71.8 Å². The van der Waals surface area contributed by atoms with Crippen LogP contribution in [0, 0.1) is 0 Å². The number of aliphatic hydroxyl groups is 2. The van der Waals surface area contributed by atoms with Crippen LogP contribution in [-0.2, 0) is 0 Å². The molecule has 1 unspecified atom stereocenters. The highest BCUT2D eigenvalue weighted by Crippen LogP contribution is 2.11. The van der Waals surface area contributed by atoms with E-state index in [1.807, 2.05) is 0 Å². The molecule has 0 bridgehead atoms. The molecule has 1 fully saturated rings. The van der Waals surface area contributed by atoms with E-state index in [2.05, 4.69) is 0 Å². The number of halogens is 1. The minimum atomic E-state index is -0.845. The molecule has 0 spiro atoms. The molecule has 12 heavy (non-hydrogen) atoms. The quantitative estimate of drug-likeness (QED) is 0.626. The van der Waals surface area contributed by atoms with Crippen LogP contribution in [0.2, 0.25) is 0 Å². The largest absolute Gasteiger partial charge is 0.389 e. The highest BCUT2D eigenvalue weighted by molar-refractivity contribution is 4.83. The summed E-state index contributed by atoms with van der Waals surface area (Å²) in [6, 6.07) is 0. The van der Waals surface area contributed by atoms with Crippen molar-refractivity contribution in [3.05, 3.63) is 0 Å². The molecule has 0 saturated carbocycles. The van der Waals surface area contributed by atoms with E-state index >= 15 is 0 Å². The lowest BCUT2D eigenvalue weighted by atomic mass is 10.3. The fraction of sp³-hybridized carbons (Fsp3) is 1.00. The molecule has 0 radical (unpaired) electrons. The lowest BCUT2D eigenvalue weighted by molar-refractivity contribution is 0.0572. The van der Waals surface area contributed by atoms with Gasteiger partial charge in [0.1, 0.15) is 6.17 Å². The zero-order chi connectivity index (χ0) is 9.14. The minimum Gasteiger partial charge on any atom is -0.389 e. The van der Waals surface area contributed by atoms with E-state index in [9.17, 15) is 4.39 Å². The number of hydrogen-bond acceptors (Lipinski definition) is 3. The van der Waals surface area contributed by atoms with Crippen molar-refractivity contribution in [3.63, 3.8) is 0 Å². The standard InChI is InChI=1S/C8H16FNO2/c1-2-6(9)3-10-4-7(11)8(12)5-10/h6-8,11-12H,2-5H2,1H3/t6?,7-,8+. The SMILES string of the molecule is CCC(F)CN1C[C@@H](O)[C@@H](O)C1. The summed E-state index contributed by atoms with van der Waals surface area (Å²) in [5.74, 6) is 0. The summed E-state index contributed by atoms with van der Waals surface area (Å²) >= 11 is 0. The Hall–Kier alpha value is -0.190. The molecule has 1 rings (SSSR count). The lowest BCUT2D eigenvalue weighted by Crippen LogP contribution is -2.29. The van der Waals surface area contributed by atoms with Gasteiger partial charge in [0.15, 0.2) is 0 Å². The van der Waals surface area contributed by atoms with Gasteiger partial charge in [-0.15, -0.1) is 0 Å². The Balaban J connectivity index is 2.27. The van der Waals surface area contributed by atoms with Gasteiger partial charge in [0, 0.05) is 19.6 Å².